The Balaban J connectivity index is -0.00000000562. The normalized spacial score (nSPS) is 4.50. The average Bonchev–Trinajstić information content (AvgIpc) is 1.54. The van der Waals surface area contributed by atoms with Gasteiger partial charge in [0.1, 0.15) is 0 Å². The van der Waals surface area contributed by atoms with Gasteiger partial charge in [-0.3, -0.25) is 0 Å². The van der Waals surface area contributed by atoms with Crippen LogP contribution in [0.4, 0.5) is 0 Å². The molecule has 0 aliphatic heterocycles. The molecule has 0 radical (unpaired) electrons. The van der Waals surface area contributed by atoms with E-state index in [1.54, 1.807) is 0 Å². The van der Waals surface area contributed by atoms with Gasteiger partial charge in [0.15, 0.2) is 0 Å². The largest absolute Gasteiger partial charge is 3.00 e. The van der Waals surface area contributed by atoms with Crippen molar-refractivity contribution in [2.45, 2.75) is 0 Å². The maximum absolute atomic E-state index is 8.52. The maximum atomic E-state index is 8.52. The van der Waals surface area contributed by atoms with E-state index in [1.165, 1.54) is 0 Å². The van der Waals surface area contributed by atoms with E-state index in [0.717, 1.165) is 0 Å². The summed E-state index contributed by atoms with van der Waals surface area (Å²) < 4.78 is 25.6. The number of rotatable bonds is 0. The quantitative estimate of drug-likeness (QED) is 0.374. The topological polar surface area (TPSA) is 190 Å². The minimum absolute atomic E-state index is 0. The summed E-state index contributed by atoms with van der Waals surface area (Å²) in [6.07, 6.45) is 0. The summed E-state index contributed by atoms with van der Waals surface area (Å²) in [4.78, 5) is 51.1. The Bertz CT molecular complexity index is 139. The molecule has 16 heteroatoms. The first-order chi connectivity index (χ1) is 5.20. The van der Waals surface area contributed by atoms with Gasteiger partial charge < -0.3 is 47.9 Å². The van der Waals surface area contributed by atoms with Crippen LogP contribution in [0.2, 0.25) is 0 Å². The maximum Gasteiger partial charge on any atom is 3.00 e. The fourth-order valence-corrected chi connectivity index (χ4v) is 0. The predicted octanol–water partition coefficient (Wildman–Crippen LogP) is -9.71. The van der Waals surface area contributed by atoms with Crippen molar-refractivity contribution in [1.29, 1.82) is 0 Å². The molecule has 0 bridgehead atoms. The second-order valence-electron chi connectivity index (χ2n) is 0.750. The van der Waals surface area contributed by atoms with Crippen molar-refractivity contribution in [1.82, 2.24) is 0 Å². The SMILES string of the molecule is O=[Si]([O-])[O-].O=[Si]([O-])[O-].O=[Si]([O-])[O-].[Al+3].[Al+3].[Ca+2].[Ca+2].[H-].[H-].[H-].[H-]. The van der Waals surface area contributed by atoms with Gasteiger partial charge in [-0.05, 0) is 0 Å². The Labute approximate surface area is 182 Å². The molecule has 0 amide bonds. The summed E-state index contributed by atoms with van der Waals surface area (Å²) in [6, 6.07) is 0. The molecule has 0 fully saturated rings. The molecule has 0 aromatic carbocycles. The third-order valence-corrected chi connectivity index (χ3v) is 0. The molecule has 0 aliphatic carbocycles. The predicted molar refractivity (Wildman–Crippen MR) is 46.8 cm³/mol. The van der Waals surface area contributed by atoms with Crippen molar-refractivity contribution in [3.8, 4) is 0 Å². The Morgan fingerprint density at radius 3 is 0.562 bits per heavy atom. The van der Waals surface area contributed by atoms with E-state index in [0.29, 0.717) is 0 Å². The minimum Gasteiger partial charge on any atom is -1.00 e. The molecule has 80 valence electrons. The third-order valence-electron chi connectivity index (χ3n) is 0. The van der Waals surface area contributed by atoms with Crippen LogP contribution >= 0.6 is 0 Å². The molecule has 0 aromatic heterocycles. The van der Waals surface area contributed by atoms with Crippen LogP contribution in [-0.4, -0.2) is 138 Å². The molecule has 16 heavy (non-hydrogen) atoms. The van der Waals surface area contributed by atoms with E-state index >= 15 is 0 Å². The summed E-state index contributed by atoms with van der Waals surface area (Å²) in [5.74, 6) is 0. The zero-order valence-corrected chi connectivity index (χ0v) is 17.5. The van der Waals surface area contributed by atoms with Crippen molar-refractivity contribution >= 4 is 138 Å². The van der Waals surface area contributed by atoms with Crippen LogP contribution < -0.4 is 28.8 Å². The fourth-order valence-electron chi connectivity index (χ4n) is 0. The first-order valence-electron chi connectivity index (χ1n) is 1.84. The van der Waals surface area contributed by atoms with Crippen molar-refractivity contribution < 1.29 is 47.9 Å². The van der Waals surface area contributed by atoms with Crippen LogP contribution in [0.5, 0.6) is 0 Å². The third kappa shape index (κ3) is 660. The molecule has 0 spiro atoms. The average molecular weight is 366 g/mol. The van der Waals surface area contributed by atoms with Gasteiger partial charge in [0.2, 0.25) is 0 Å². The van der Waals surface area contributed by atoms with E-state index in [4.69, 9.17) is 42.2 Å². The molecule has 0 aromatic rings. The van der Waals surface area contributed by atoms with Gasteiger partial charge in [-0.1, -0.05) is 0 Å². The van der Waals surface area contributed by atoms with Crippen LogP contribution in [0.15, 0.2) is 0 Å². The van der Waals surface area contributed by atoms with E-state index < -0.39 is 27.5 Å². The fraction of sp³-hybridized carbons (Fsp3) is 0. The Hall–Kier alpha value is 2.44. The molecule has 0 atom stereocenters. The first-order valence-corrected chi connectivity index (χ1v) is 5.51. The molecule has 0 aliphatic rings. The molecule has 9 nitrogen and oxygen atoms in total. The summed E-state index contributed by atoms with van der Waals surface area (Å²) in [6.45, 7) is 0. The number of hydrogen-bond acceptors (Lipinski definition) is 9. The zero-order valence-electron chi connectivity index (χ0n) is 11.7. The Kier molecular flexibility index (Phi) is 96.5. The second kappa shape index (κ2) is 36.0. The van der Waals surface area contributed by atoms with Gasteiger partial charge >= 0.3 is 110 Å². The summed E-state index contributed by atoms with van der Waals surface area (Å²) >= 11 is 0. The van der Waals surface area contributed by atoms with Crippen molar-refractivity contribution in [2.24, 2.45) is 0 Å². The van der Waals surface area contributed by atoms with Crippen molar-refractivity contribution in [3.63, 3.8) is 0 Å². The van der Waals surface area contributed by atoms with E-state index in [9.17, 15) is 0 Å². The zero-order chi connectivity index (χ0) is 10.7. The van der Waals surface area contributed by atoms with Crippen LogP contribution in [0.3, 0.4) is 0 Å². The molecule has 0 saturated heterocycles. The van der Waals surface area contributed by atoms with Crippen molar-refractivity contribution in [3.05, 3.63) is 0 Å². The molecular weight excluding hydrogens is 362 g/mol. The monoisotopic (exact) mass is 366 g/mol. The van der Waals surface area contributed by atoms with Gasteiger partial charge in [-0.25, -0.2) is 0 Å². The van der Waals surface area contributed by atoms with E-state index in [-0.39, 0.29) is 116 Å². The summed E-state index contributed by atoms with van der Waals surface area (Å²) in [5.41, 5.74) is 0. The molecular formula is H4Al2Ca2O9Si3. The van der Waals surface area contributed by atoms with Crippen LogP contribution in [0.25, 0.3) is 0 Å². The van der Waals surface area contributed by atoms with Crippen LogP contribution in [-0.2, 0) is 13.4 Å². The Morgan fingerprint density at radius 1 is 0.562 bits per heavy atom. The molecule has 0 N–H and O–H groups in total. The van der Waals surface area contributed by atoms with Gasteiger partial charge in [0, 0.05) is 27.5 Å². The molecule has 0 rings (SSSR count). The molecule has 0 unspecified atom stereocenters. The first kappa shape index (κ1) is 42.9. The minimum atomic E-state index is -3.63. The smallest absolute Gasteiger partial charge is 1.00 e. The second-order valence-corrected chi connectivity index (χ2v) is 2.25. The van der Waals surface area contributed by atoms with Gasteiger partial charge in [0.25, 0.3) is 0 Å². The number of hydrogen-bond donors (Lipinski definition) is 0. The Morgan fingerprint density at radius 2 is 0.562 bits per heavy atom. The molecule has 0 saturated carbocycles. The standard InChI is InChI=1S/2Al.2Ca.3O3Si.4H/c;;;;3*1-4(2)3;;;;/q2*+3;2*+2;3*-2;4*-1. The molecule has 0 heterocycles. The van der Waals surface area contributed by atoms with E-state index in [1.807, 2.05) is 0 Å². The van der Waals surface area contributed by atoms with Crippen molar-refractivity contribution in [2.75, 3.05) is 0 Å². The van der Waals surface area contributed by atoms with Crippen LogP contribution in [0, 0.1) is 0 Å². The van der Waals surface area contributed by atoms with Crippen LogP contribution in [0.1, 0.15) is 5.71 Å². The van der Waals surface area contributed by atoms with Gasteiger partial charge in [0.05, 0.1) is 0 Å². The summed E-state index contributed by atoms with van der Waals surface area (Å²) in [5, 5.41) is 0. The van der Waals surface area contributed by atoms with Gasteiger partial charge in [-0.2, -0.15) is 0 Å². The van der Waals surface area contributed by atoms with E-state index in [2.05, 4.69) is 0 Å². The summed E-state index contributed by atoms with van der Waals surface area (Å²) in [7, 11) is -10.9. The van der Waals surface area contributed by atoms with Gasteiger partial charge in [-0.15, -0.1) is 0 Å².